The van der Waals surface area contributed by atoms with Crippen LogP contribution in [0.4, 0.5) is 0 Å². The van der Waals surface area contributed by atoms with Gasteiger partial charge in [-0.05, 0) is 48.3 Å². The third-order valence-electron chi connectivity index (χ3n) is 3.47. The summed E-state index contributed by atoms with van der Waals surface area (Å²) in [5.41, 5.74) is 9.55. The first-order valence-corrected chi connectivity index (χ1v) is 7.99. The molecule has 0 bridgehead atoms. The topological polar surface area (TPSA) is 48.8 Å². The fourth-order valence-corrected chi connectivity index (χ4v) is 3.14. The first kappa shape index (κ1) is 15.3. The van der Waals surface area contributed by atoms with Crippen LogP contribution in [0.2, 0.25) is 0 Å². The number of rotatable bonds is 6. The van der Waals surface area contributed by atoms with Crippen LogP contribution in [0.15, 0.2) is 22.8 Å². The maximum absolute atomic E-state index is 5.92. The molecule has 0 aliphatic carbocycles. The molecule has 0 saturated carbocycles. The van der Waals surface area contributed by atoms with Crippen molar-refractivity contribution in [3.63, 3.8) is 0 Å². The van der Waals surface area contributed by atoms with Gasteiger partial charge < -0.3 is 10.3 Å². The van der Waals surface area contributed by atoms with Crippen molar-refractivity contribution in [2.24, 2.45) is 5.73 Å². The number of nitrogens with two attached hydrogens (primary N) is 1. The molecule has 1 unspecified atom stereocenters. The van der Waals surface area contributed by atoms with Gasteiger partial charge in [0.2, 0.25) is 0 Å². The fourth-order valence-electron chi connectivity index (χ4n) is 2.45. The fraction of sp³-hybridized carbons (Fsp3) is 0.533. The van der Waals surface area contributed by atoms with Gasteiger partial charge >= 0.3 is 0 Å². The summed E-state index contributed by atoms with van der Waals surface area (Å²) in [4.78, 5) is 0. The van der Waals surface area contributed by atoms with Crippen molar-refractivity contribution >= 4 is 15.9 Å². The van der Waals surface area contributed by atoms with Crippen molar-refractivity contribution in [1.82, 2.24) is 14.3 Å². The lowest BCUT2D eigenvalue weighted by atomic mass is 10.2. The number of nitrogens with zero attached hydrogens (tertiary/aromatic N) is 3. The second kappa shape index (κ2) is 6.59. The Hall–Kier alpha value is -1.07. The van der Waals surface area contributed by atoms with Crippen molar-refractivity contribution in [2.75, 3.05) is 0 Å². The molecule has 5 heteroatoms. The van der Waals surface area contributed by atoms with Crippen LogP contribution in [0.3, 0.4) is 0 Å². The lowest BCUT2D eigenvalue weighted by molar-refractivity contribution is 0.582. The van der Waals surface area contributed by atoms with Crippen LogP contribution in [-0.2, 0) is 25.9 Å². The summed E-state index contributed by atoms with van der Waals surface area (Å²) in [6.45, 7) is 8.02. The van der Waals surface area contributed by atoms with Crippen LogP contribution in [0.1, 0.15) is 37.9 Å². The van der Waals surface area contributed by atoms with Crippen LogP contribution in [-0.4, -0.2) is 20.4 Å². The molecule has 20 heavy (non-hydrogen) atoms. The number of aromatic nitrogens is 3. The Kier molecular flexibility index (Phi) is 5.05. The normalized spacial score (nSPS) is 12.8. The minimum atomic E-state index is 0.175. The molecule has 2 heterocycles. The molecule has 110 valence electrons. The lowest BCUT2D eigenvalue weighted by Crippen LogP contribution is -2.20. The van der Waals surface area contributed by atoms with Gasteiger partial charge in [-0.3, -0.25) is 4.68 Å². The van der Waals surface area contributed by atoms with Gasteiger partial charge in [-0.15, -0.1) is 0 Å². The summed E-state index contributed by atoms with van der Waals surface area (Å²) < 4.78 is 5.48. The Morgan fingerprint density at radius 2 is 2.15 bits per heavy atom. The predicted octanol–water partition coefficient (Wildman–Crippen LogP) is 2.97. The van der Waals surface area contributed by atoms with E-state index >= 15 is 0 Å². The molecule has 2 rings (SSSR count). The van der Waals surface area contributed by atoms with Gasteiger partial charge in [0.1, 0.15) is 0 Å². The van der Waals surface area contributed by atoms with Crippen LogP contribution in [0.5, 0.6) is 0 Å². The average molecular weight is 339 g/mol. The largest absolute Gasteiger partial charge is 0.345 e. The Morgan fingerprint density at radius 3 is 2.75 bits per heavy atom. The molecule has 0 saturated heterocycles. The third kappa shape index (κ3) is 3.15. The van der Waals surface area contributed by atoms with Crippen LogP contribution in [0.25, 0.3) is 0 Å². The summed E-state index contributed by atoms with van der Waals surface area (Å²) in [6, 6.07) is 4.40. The van der Waals surface area contributed by atoms with E-state index in [4.69, 9.17) is 5.73 Å². The summed E-state index contributed by atoms with van der Waals surface area (Å²) in [6.07, 6.45) is 3.95. The highest BCUT2D eigenvalue weighted by Crippen LogP contribution is 2.24. The summed E-state index contributed by atoms with van der Waals surface area (Å²) in [7, 11) is 0. The monoisotopic (exact) mass is 338 g/mol. The van der Waals surface area contributed by atoms with Gasteiger partial charge in [-0.25, -0.2) is 0 Å². The minimum Gasteiger partial charge on any atom is -0.345 e. The van der Waals surface area contributed by atoms with E-state index in [1.807, 2.05) is 6.92 Å². The van der Waals surface area contributed by atoms with Crippen molar-refractivity contribution in [3.8, 4) is 0 Å². The van der Waals surface area contributed by atoms with Crippen LogP contribution in [0, 0.1) is 0 Å². The SMILES string of the molecule is CCc1nn(CC)c(Cn2cccc2CC(C)N)c1Br. The number of halogens is 1. The second-order valence-corrected chi connectivity index (χ2v) is 5.98. The van der Waals surface area contributed by atoms with E-state index in [-0.39, 0.29) is 6.04 Å². The van der Waals surface area contributed by atoms with Crippen molar-refractivity contribution < 1.29 is 0 Å². The number of hydrogen-bond donors (Lipinski definition) is 1. The van der Waals surface area contributed by atoms with Gasteiger partial charge in [0, 0.05) is 30.9 Å². The van der Waals surface area contributed by atoms with E-state index in [9.17, 15) is 0 Å². The molecule has 4 nitrogen and oxygen atoms in total. The maximum atomic E-state index is 5.92. The molecular weight excluding hydrogens is 316 g/mol. The Balaban J connectivity index is 2.30. The Bertz CT molecular complexity index is 568. The van der Waals surface area contributed by atoms with Crippen molar-refractivity contribution in [1.29, 1.82) is 0 Å². The van der Waals surface area contributed by atoms with Gasteiger partial charge in [0.25, 0.3) is 0 Å². The standard InChI is InChI=1S/C15H23BrN4/c1-4-13-15(16)14(20(5-2)18-13)10-19-8-6-7-12(19)9-11(3)17/h6-8,11H,4-5,9-10,17H2,1-3H3. The smallest absolute Gasteiger partial charge is 0.0767 e. The molecule has 2 N–H and O–H groups in total. The molecule has 2 aromatic rings. The summed E-state index contributed by atoms with van der Waals surface area (Å²) in [5.74, 6) is 0. The molecular formula is C15H23BrN4. The number of hydrogen-bond acceptors (Lipinski definition) is 2. The third-order valence-corrected chi connectivity index (χ3v) is 4.38. The van der Waals surface area contributed by atoms with Crippen LogP contribution < -0.4 is 5.73 Å². The zero-order chi connectivity index (χ0) is 14.7. The summed E-state index contributed by atoms with van der Waals surface area (Å²) >= 11 is 3.70. The van der Waals surface area contributed by atoms with E-state index in [1.165, 1.54) is 11.4 Å². The molecule has 1 atom stereocenters. The quantitative estimate of drug-likeness (QED) is 0.880. The highest BCUT2D eigenvalue weighted by Gasteiger charge is 2.15. The molecule has 0 amide bonds. The van der Waals surface area contributed by atoms with Gasteiger partial charge in [-0.1, -0.05) is 6.92 Å². The Morgan fingerprint density at radius 1 is 1.40 bits per heavy atom. The van der Waals surface area contributed by atoms with Crippen LogP contribution >= 0.6 is 15.9 Å². The first-order valence-electron chi connectivity index (χ1n) is 7.20. The Labute approximate surface area is 129 Å². The molecule has 2 aromatic heterocycles. The zero-order valence-electron chi connectivity index (χ0n) is 12.4. The first-order chi connectivity index (χ1) is 9.56. The molecule has 0 aromatic carbocycles. The van der Waals surface area contributed by atoms with E-state index in [0.29, 0.717) is 0 Å². The highest BCUT2D eigenvalue weighted by atomic mass is 79.9. The highest BCUT2D eigenvalue weighted by molar-refractivity contribution is 9.10. The average Bonchev–Trinajstić information content (AvgIpc) is 2.96. The predicted molar refractivity (Wildman–Crippen MR) is 85.9 cm³/mol. The molecule has 0 aliphatic rings. The molecule has 0 spiro atoms. The lowest BCUT2D eigenvalue weighted by Gasteiger charge is -2.12. The maximum Gasteiger partial charge on any atom is 0.0767 e. The van der Waals surface area contributed by atoms with E-state index < -0.39 is 0 Å². The second-order valence-electron chi connectivity index (χ2n) is 5.19. The van der Waals surface area contributed by atoms with Gasteiger partial charge in [0.15, 0.2) is 0 Å². The minimum absolute atomic E-state index is 0.175. The van der Waals surface area contributed by atoms with Crippen molar-refractivity contribution in [2.45, 2.75) is 52.7 Å². The molecule has 0 radical (unpaired) electrons. The van der Waals surface area contributed by atoms with E-state index in [2.05, 4.69) is 62.5 Å². The molecule has 0 fully saturated rings. The van der Waals surface area contributed by atoms with Gasteiger partial charge in [0.05, 0.1) is 22.4 Å². The molecule has 0 aliphatic heterocycles. The zero-order valence-corrected chi connectivity index (χ0v) is 14.0. The summed E-state index contributed by atoms with van der Waals surface area (Å²) in [5, 5.41) is 4.65. The number of aryl methyl sites for hydroxylation is 2. The van der Waals surface area contributed by atoms with E-state index in [1.54, 1.807) is 0 Å². The van der Waals surface area contributed by atoms with E-state index in [0.717, 1.165) is 36.1 Å². The van der Waals surface area contributed by atoms with Gasteiger partial charge in [-0.2, -0.15) is 5.10 Å². The van der Waals surface area contributed by atoms with Crippen molar-refractivity contribution in [3.05, 3.63) is 39.9 Å².